The molecule has 0 saturated heterocycles. The molecule has 0 aliphatic rings. The van der Waals surface area contributed by atoms with E-state index in [1.54, 1.807) is 17.9 Å². The van der Waals surface area contributed by atoms with Crippen LogP contribution in [-0.2, 0) is 7.05 Å². The van der Waals surface area contributed by atoms with Gasteiger partial charge >= 0.3 is 0 Å². The van der Waals surface area contributed by atoms with Crippen LogP contribution in [0.3, 0.4) is 0 Å². The van der Waals surface area contributed by atoms with Crippen LogP contribution in [0.15, 0.2) is 6.20 Å². The molecule has 0 radical (unpaired) electrons. The Hall–Kier alpha value is -0.870. The van der Waals surface area contributed by atoms with Crippen LogP contribution in [0.1, 0.15) is 17.4 Å². The molecular formula is C7H12N2O2. The standard InChI is InChI=1S/C7H12N2O2/c1-5-3-9(2)8-7(5)6(11)4-10/h3,6,10-11H,4H2,1-2H3. The third kappa shape index (κ3) is 1.58. The SMILES string of the molecule is Cc1cn(C)nc1C(O)CO. The van der Waals surface area contributed by atoms with Crippen molar-refractivity contribution in [2.24, 2.45) is 7.05 Å². The lowest BCUT2D eigenvalue weighted by atomic mass is 10.2. The van der Waals surface area contributed by atoms with Crippen LogP contribution in [0, 0.1) is 6.92 Å². The summed E-state index contributed by atoms with van der Waals surface area (Å²) in [4.78, 5) is 0. The second-order valence-electron chi connectivity index (χ2n) is 2.57. The number of nitrogens with zero attached hydrogens (tertiary/aromatic N) is 2. The van der Waals surface area contributed by atoms with E-state index in [-0.39, 0.29) is 6.61 Å². The Kier molecular flexibility index (Phi) is 2.26. The summed E-state index contributed by atoms with van der Waals surface area (Å²) >= 11 is 0. The summed E-state index contributed by atoms with van der Waals surface area (Å²) < 4.78 is 1.61. The number of aliphatic hydroxyl groups excluding tert-OH is 2. The highest BCUT2D eigenvalue weighted by molar-refractivity contribution is 5.16. The summed E-state index contributed by atoms with van der Waals surface area (Å²) in [5, 5.41) is 21.8. The fourth-order valence-corrected chi connectivity index (χ4v) is 1.04. The summed E-state index contributed by atoms with van der Waals surface area (Å²) in [7, 11) is 1.78. The lowest BCUT2D eigenvalue weighted by Crippen LogP contribution is -2.05. The molecule has 1 aromatic heterocycles. The maximum atomic E-state index is 9.20. The van der Waals surface area contributed by atoms with Crippen molar-refractivity contribution < 1.29 is 10.2 Å². The highest BCUT2D eigenvalue weighted by Gasteiger charge is 2.12. The molecule has 1 aromatic rings. The lowest BCUT2D eigenvalue weighted by molar-refractivity contribution is 0.0913. The van der Waals surface area contributed by atoms with Crippen molar-refractivity contribution in [3.63, 3.8) is 0 Å². The van der Waals surface area contributed by atoms with Gasteiger partial charge in [-0.1, -0.05) is 0 Å². The number of aromatic nitrogens is 2. The van der Waals surface area contributed by atoms with Gasteiger partial charge in [0.1, 0.15) is 6.10 Å². The zero-order chi connectivity index (χ0) is 8.43. The van der Waals surface area contributed by atoms with Crippen LogP contribution >= 0.6 is 0 Å². The molecule has 1 atom stereocenters. The Morgan fingerprint density at radius 3 is 2.73 bits per heavy atom. The van der Waals surface area contributed by atoms with Gasteiger partial charge in [0.25, 0.3) is 0 Å². The summed E-state index contributed by atoms with van der Waals surface area (Å²) in [5.41, 5.74) is 1.45. The first kappa shape index (κ1) is 8.23. The molecule has 1 rings (SSSR count). The third-order valence-corrected chi connectivity index (χ3v) is 1.54. The molecule has 0 aliphatic carbocycles. The van der Waals surface area contributed by atoms with Crippen LogP contribution in [0.4, 0.5) is 0 Å². The monoisotopic (exact) mass is 156 g/mol. The van der Waals surface area contributed by atoms with Crippen molar-refractivity contribution in [1.82, 2.24) is 9.78 Å². The second kappa shape index (κ2) is 3.02. The molecule has 1 unspecified atom stereocenters. The van der Waals surface area contributed by atoms with Crippen molar-refractivity contribution >= 4 is 0 Å². The van der Waals surface area contributed by atoms with Gasteiger partial charge in [0, 0.05) is 13.2 Å². The van der Waals surface area contributed by atoms with Crippen LogP contribution in [0.2, 0.25) is 0 Å². The fourth-order valence-electron chi connectivity index (χ4n) is 1.04. The number of rotatable bonds is 2. The van der Waals surface area contributed by atoms with E-state index in [9.17, 15) is 5.11 Å². The fraction of sp³-hybridized carbons (Fsp3) is 0.571. The number of hydrogen-bond acceptors (Lipinski definition) is 3. The van der Waals surface area contributed by atoms with Gasteiger partial charge < -0.3 is 10.2 Å². The predicted molar refractivity (Wildman–Crippen MR) is 40.0 cm³/mol. The molecular weight excluding hydrogens is 144 g/mol. The minimum absolute atomic E-state index is 0.280. The Morgan fingerprint density at radius 1 is 1.73 bits per heavy atom. The van der Waals surface area contributed by atoms with Gasteiger partial charge in [-0.05, 0) is 12.5 Å². The molecule has 11 heavy (non-hydrogen) atoms. The van der Waals surface area contributed by atoms with Gasteiger partial charge in [-0.2, -0.15) is 5.10 Å². The quantitative estimate of drug-likeness (QED) is 0.621. The van der Waals surface area contributed by atoms with E-state index in [1.807, 2.05) is 6.92 Å². The first-order chi connectivity index (χ1) is 5.15. The highest BCUT2D eigenvalue weighted by Crippen LogP contribution is 2.13. The lowest BCUT2D eigenvalue weighted by Gasteiger charge is -2.02. The van der Waals surface area contributed by atoms with Crippen LogP contribution < -0.4 is 0 Å². The minimum atomic E-state index is -0.851. The minimum Gasteiger partial charge on any atom is -0.393 e. The Morgan fingerprint density at radius 2 is 2.36 bits per heavy atom. The maximum Gasteiger partial charge on any atom is 0.121 e. The van der Waals surface area contributed by atoms with Crippen molar-refractivity contribution in [3.05, 3.63) is 17.5 Å². The molecule has 0 aliphatic heterocycles. The van der Waals surface area contributed by atoms with Crippen molar-refractivity contribution in [2.45, 2.75) is 13.0 Å². The first-order valence-corrected chi connectivity index (χ1v) is 3.44. The normalized spacial score (nSPS) is 13.5. The molecule has 0 bridgehead atoms. The first-order valence-electron chi connectivity index (χ1n) is 3.44. The molecule has 0 saturated carbocycles. The van der Waals surface area contributed by atoms with Crippen molar-refractivity contribution in [3.8, 4) is 0 Å². The van der Waals surface area contributed by atoms with Gasteiger partial charge in [-0.3, -0.25) is 4.68 Å². The largest absolute Gasteiger partial charge is 0.393 e. The van der Waals surface area contributed by atoms with Gasteiger partial charge in [-0.15, -0.1) is 0 Å². The van der Waals surface area contributed by atoms with Gasteiger partial charge in [0.05, 0.1) is 12.3 Å². The topological polar surface area (TPSA) is 58.3 Å². The Labute approximate surface area is 65.1 Å². The summed E-state index contributed by atoms with van der Waals surface area (Å²) in [6.45, 7) is 1.57. The van der Waals surface area contributed by atoms with Crippen LogP contribution in [0.5, 0.6) is 0 Å². The average Bonchev–Trinajstić information content (AvgIpc) is 2.28. The molecule has 1 heterocycles. The molecule has 0 amide bonds. The zero-order valence-electron chi connectivity index (χ0n) is 6.65. The Bertz CT molecular complexity index is 245. The van der Waals surface area contributed by atoms with E-state index in [0.717, 1.165) is 5.56 Å². The molecule has 4 heteroatoms. The molecule has 0 fully saturated rings. The maximum absolute atomic E-state index is 9.20. The van der Waals surface area contributed by atoms with Gasteiger partial charge in [0.2, 0.25) is 0 Å². The summed E-state index contributed by atoms with van der Waals surface area (Å²) in [6.07, 6.45) is 0.949. The number of aryl methyl sites for hydroxylation is 2. The van der Waals surface area contributed by atoms with E-state index in [0.29, 0.717) is 5.69 Å². The number of aliphatic hydroxyl groups is 2. The van der Waals surface area contributed by atoms with Crippen molar-refractivity contribution in [2.75, 3.05) is 6.61 Å². The summed E-state index contributed by atoms with van der Waals surface area (Å²) in [5.74, 6) is 0. The second-order valence-corrected chi connectivity index (χ2v) is 2.57. The smallest absolute Gasteiger partial charge is 0.121 e. The van der Waals surface area contributed by atoms with Crippen LogP contribution in [-0.4, -0.2) is 26.6 Å². The summed E-state index contributed by atoms with van der Waals surface area (Å²) in [6, 6.07) is 0. The molecule has 62 valence electrons. The van der Waals surface area contributed by atoms with Gasteiger partial charge in [0.15, 0.2) is 0 Å². The van der Waals surface area contributed by atoms with Crippen LogP contribution in [0.25, 0.3) is 0 Å². The van der Waals surface area contributed by atoms with E-state index in [2.05, 4.69) is 5.10 Å². The van der Waals surface area contributed by atoms with E-state index >= 15 is 0 Å². The Balaban J connectivity index is 2.93. The van der Waals surface area contributed by atoms with E-state index < -0.39 is 6.10 Å². The average molecular weight is 156 g/mol. The third-order valence-electron chi connectivity index (χ3n) is 1.54. The van der Waals surface area contributed by atoms with E-state index in [4.69, 9.17) is 5.11 Å². The number of hydrogen-bond donors (Lipinski definition) is 2. The molecule has 0 spiro atoms. The van der Waals surface area contributed by atoms with E-state index in [1.165, 1.54) is 0 Å². The highest BCUT2D eigenvalue weighted by atomic mass is 16.3. The predicted octanol–water partition coefficient (Wildman–Crippen LogP) is -0.246. The van der Waals surface area contributed by atoms with Gasteiger partial charge in [-0.25, -0.2) is 0 Å². The molecule has 4 nitrogen and oxygen atoms in total. The molecule has 0 aromatic carbocycles. The zero-order valence-corrected chi connectivity index (χ0v) is 6.65. The molecule has 2 N–H and O–H groups in total. The van der Waals surface area contributed by atoms with Crippen molar-refractivity contribution in [1.29, 1.82) is 0 Å².